The first-order valence-corrected chi connectivity index (χ1v) is 16.2. The average Bonchev–Trinajstić information content (AvgIpc) is 3.89. The summed E-state index contributed by atoms with van der Waals surface area (Å²) in [7, 11) is 1.55. The predicted molar refractivity (Wildman–Crippen MR) is 174 cm³/mol. The van der Waals surface area contributed by atoms with E-state index in [1.807, 2.05) is 24.1 Å². The molecule has 3 unspecified atom stereocenters. The van der Waals surface area contributed by atoms with Crippen LogP contribution < -0.4 is 25.3 Å². The van der Waals surface area contributed by atoms with Crippen molar-refractivity contribution in [2.45, 2.75) is 70.6 Å². The number of nitrogens with one attached hydrogen (secondary N) is 1. The highest BCUT2D eigenvalue weighted by Gasteiger charge is 2.48. The highest BCUT2D eigenvalue weighted by molar-refractivity contribution is 6.69. The van der Waals surface area contributed by atoms with E-state index in [0.29, 0.717) is 52.6 Å². The van der Waals surface area contributed by atoms with Gasteiger partial charge < -0.3 is 45.1 Å². The third-order valence-electron chi connectivity index (χ3n) is 9.81. The van der Waals surface area contributed by atoms with Gasteiger partial charge in [0.25, 0.3) is 0 Å². The minimum Gasteiger partial charge on any atom is -0.496 e. The first kappa shape index (κ1) is 31.7. The van der Waals surface area contributed by atoms with E-state index in [1.54, 1.807) is 31.2 Å². The molecule has 254 valence electrons. The van der Waals surface area contributed by atoms with Crippen molar-refractivity contribution >= 4 is 35.0 Å². The van der Waals surface area contributed by atoms with Crippen molar-refractivity contribution in [3.63, 3.8) is 0 Å². The quantitative estimate of drug-likeness (QED) is 0.278. The molecule has 1 aliphatic carbocycles. The number of amides is 1. The molecule has 7 rings (SSSR count). The van der Waals surface area contributed by atoms with Gasteiger partial charge in [0.1, 0.15) is 35.6 Å². The van der Waals surface area contributed by atoms with E-state index in [2.05, 4.69) is 20.3 Å². The molecule has 1 aromatic carbocycles. The van der Waals surface area contributed by atoms with Gasteiger partial charge in [-0.3, -0.25) is 14.7 Å². The van der Waals surface area contributed by atoms with Crippen LogP contribution in [0, 0.1) is 5.92 Å². The zero-order valence-electron chi connectivity index (χ0n) is 27.1. The summed E-state index contributed by atoms with van der Waals surface area (Å²) in [5.74, 6) is 0.115. The average molecular weight is 662 g/mol. The van der Waals surface area contributed by atoms with Crippen molar-refractivity contribution in [2.75, 3.05) is 26.9 Å². The molecule has 15 heteroatoms. The van der Waals surface area contributed by atoms with Gasteiger partial charge in [-0.1, -0.05) is 18.9 Å². The molecule has 1 aromatic rings. The summed E-state index contributed by atoms with van der Waals surface area (Å²) >= 11 is 0. The monoisotopic (exact) mass is 661 g/mol. The molecule has 1 saturated carbocycles. The lowest BCUT2D eigenvalue weighted by Crippen LogP contribution is -2.53. The topological polar surface area (TPSA) is 193 Å². The Bertz CT molecular complexity index is 1740. The number of esters is 1. The van der Waals surface area contributed by atoms with Crippen LogP contribution in [-0.4, -0.2) is 94.3 Å². The number of amidine groups is 1. The fourth-order valence-electron chi connectivity index (χ4n) is 7.37. The highest BCUT2D eigenvalue weighted by Crippen LogP contribution is 2.54. The molecule has 0 aromatic heterocycles. The number of aliphatic imine (C=N–C) groups is 3. The van der Waals surface area contributed by atoms with Crippen LogP contribution >= 0.6 is 0 Å². The summed E-state index contributed by atoms with van der Waals surface area (Å²) in [6.07, 6.45) is 10.4. The van der Waals surface area contributed by atoms with Crippen LogP contribution in [0.2, 0.25) is 0 Å². The number of allylic oxidation sites excluding steroid dienone is 2. The SMILES string of the molecule is CCOC(=O)C1=CC(=CCN2C=CNC2N2CN=C3C(=O)N=C(N)N=C32)c2c(OC)c3c(c(CO)c2O1)OC(C(C)(O)C1CCCC1)C3. The number of carbonyl (C=O) groups excluding carboxylic acids is 2. The van der Waals surface area contributed by atoms with Gasteiger partial charge in [0, 0.05) is 30.9 Å². The van der Waals surface area contributed by atoms with Crippen molar-refractivity contribution in [3.8, 4) is 17.2 Å². The van der Waals surface area contributed by atoms with E-state index in [9.17, 15) is 19.8 Å². The van der Waals surface area contributed by atoms with Crippen LogP contribution in [0.3, 0.4) is 0 Å². The number of ether oxygens (including phenoxy) is 4. The Labute approximate surface area is 277 Å². The lowest BCUT2D eigenvalue weighted by atomic mass is 9.81. The second-order valence-electron chi connectivity index (χ2n) is 12.6. The molecule has 5 heterocycles. The van der Waals surface area contributed by atoms with Gasteiger partial charge in [0.15, 0.2) is 17.8 Å². The third kappa shape index (κ3) is 5.17. The zero-order valence-corrected chi connectivity index (χ0v) is 27.1. The van der Waals surface area contributed by atoms with Crippen LogP contribution in [0.4, 0.5) is 0 Å². The largest absolute Gasteiger partial charge is 0.496 e. The molecule has 15 nitrogen and oxygen atoms in total. The molecule has 1 fully saturated rings. The number of aliphatic hydroxyl groups is 2. The molecule has 0 saturated heterocycles. The van der Waals surface area contributed by atoms with Crippen molar-refractivity contribution in [1.29, 1.82) is 0 Å². The van der Waals surface area contributed by atoms with Crippen LogP contribution in [0.25, 0.3) is 5.57 Å². The third-order valence-corrected chi connectivity index (χ3v) is 9.81. The van der Waals surface area contributed by atoms with Gasteiger partial charge in [0.05, 0.1) is 31.5 Å². The molecule has 0 radical (unpaired) electrons. The summed E-state index contributed by atoms with van der Waals surface area (Å²) in [6, 6.07) is 0. The standard InChI is InChI=1S/C33H39N7O8/c1-4-46-30(43)21-13-17(9-11-39-12-10-35-32(39)40-16-36-24-28(40)37-31(34)38-29(24)42)23-26(45-3)19-14-22(33(2,44)18-7-5-6-8-18)48-25(19)20(15-41)27(23)47-21/h9-10,12-13,18,22,32,35,41,44H,4-8,11,14-16H2,1-3H3,(H2,34,38,42). The molecule has 1 amide bonds. The van der Waals surface area contributed by atoms with Crippen molar-refractivity contribution in [2.24, 2.45) is 26.6 Å². The number of nitrogens with zero attached hydrogens (tertiary/aromatic N) is 5. The second kappa shape index (κ2) is 12.3. The molecule has 48 heavy (non-hydrogen) atoms. The Morgan fingerprint density at radius 3 is 2.79 bits per heavy atom. The second-order valence-corrected chi connectivity index (χ2v) is 12.6. The Balaban J connectivity index is 1.26. The van der Waals surface area contributed by atoms with Crippen molar-refractivity contribution in [1.82, 2.24) is 15.1 Å². The Kier molecular flexibility index (Phi) is 8.11. The Morgan fingerprint density at radius 1 is 1.27 bits per heavy atom. The van der Waals surface area contributed by atoms with Gasteiger partial charge in [0.2, 0.25) is 11.7 Å². The smallest absolute Gasteiger partial charge is 0.374 e. The summed E-state index contributed by atoms with van der Waals surface area (Å²) < 4.78 is 23.9. The van der Waals surface area contributed by atoms with E-state index in [-0.39, 0.29) is 42.4 Å². The number of fused-ring (bicyclic) bond motifs is 3. The van der Waals surface area contributed by atoms with E-state index >= 15 is 0 Å². The molecule has 5 aliphatic heterocycles. The molecule has 0 spiro atoms. The normalized spacial score (nSPS) is 24.9. The number of hydrogen-bond acceptors (Lipinski definition) is 14. The summed E-state index contributed by atoms with van der Waals surface area (Å²) in [5.41, 5.74) is 7.04. The Hall–Kier alpha value is -4.89. The Morgan fingerprint density at radius 2 is 2.06 bits per heavy atom. The van der Waals surface area contributed by atoms with E-state index in [1.165, 1.54) is 0 Å². The van der Waals surface area contributed by atoms with Gasteiger partial charge in [-0.05, 0) is 44.3 Å². The summed E-state index contributed by atoms with van der Waals surface area (Å²) in [4.78, 5) is 41.4. The number of nitrogens with two attached hydrogens (primary N) is 1. The van der Waals surface area contributed by atoms with Crippen LogP contribution in [0.1, 0.15) is 56.2 Å². The van der Waals surface area contributed by atoms with Gasteiger partial charge >= 0.3 is 11.9 Å². The number of hydrogen-bond donors (Lipinski definition) is 4. The molecule has 0 bridgehead atoms. The van der Waals surface area contributed by atoms with Crippen molar-refractivity contribution < 1.29 is 38.7 Å². The number of guanidine groups is 1. The molecule has 6 aliphatic rings. The summed E-state index contributed by atoms with van der Waals surface area (Å²) in [6.45, 7) is 3.71. The molecule has 5 N–H and O–H groups in total. The number of rotatable bonds is 9. The minimum absolute atomic E-state index is 0.0612. The fraction of sp³-hybridized carbons (Fsp3) is 0.485. The summed E-state index contributed by atoms with van der Waals surface area (Å²) in [5, 5.41) is 25.7. The van der Waals surface area contributed by atoms with Crippen LogP contribution in [0.5, 0.6) is 17.2 Å². The minimum atomic E-state index is -1.10. The van der Waals surface area contributed by atoms with Crippen molar-refractivity contribution in [3.05, 3.63) is 47.0 Å². The van der Waals surface area contributed by atoms with Gasteiger partial charge in [-0.15, -0.1) is 0 Å². The van der Waals surface area contributed by atoms with E-state index in [0.717, 1.165) is 25.7 Å². The first-order chi connectivity index (χ1) is 23.2. The highest BCUT2D eigenvalue weighted by atomic mass is 16.6. The van der Waals surface area contributed by atoms with Gasteiger partial charge in [-0.25, -0.2) is 4.79 Å². The van der Waals surface area contributed by atoms with E-state index < -0.39 is 36.5 Å². The zero-order chi connectivity index (χ0) is 33.7. The maximum Gasteiger partial charge on any atom is 0.374 e. The lowest BCUT2D eigenvalue weighted by molar-refractivity contribution is -0.141. The van der Waals surface area contributed by atoms with Crippen LogP contribution in [-0.2, 0) is 27.4 Å². The molecule has 3 atom stereocenters. The predicted octanol–water partition coefficient (Wildman–Crippen LogP) is 1.28. The maximum absolute atomic E-state index is 13.0. The lowest BCUT2D eigenvalue weighted by Gasteiger charge is -2.35. The number of aliphatic hydroxyl groups excluding tert-OH is 1. The maximum atomic E-state index is 13.0. The number of carbonyl (C=O) groups is 2. The molecular weight excluding hydrogens is 622 g/mol. The van der Waals surface area contributed by atoms with E-state index in [4.69, 9.17) is 24.7 Å². The van der Waals surface area contributed by atoms with Crippen LogP contribution in [0.15, 0.2) is 45.3 Å². The van der Waals surface area contributed by atoms with Gasteiger partial charge in [-0.2, -0.15) is 9.98 Å². The fourth-order valence-corrected chi connectivity index (χ4v) is 7.37. The first-order valence-electron chi connectivity index (χ1n) is 16.2. The number of benzene rings is 1. The number of methoxy groups -OCH3 is 1. The molecular formula is C33H39N7O8.